The van der Waals surface area contributed by atoms with Crippen molar-refractivity contribution in [2.24, 2.45) is 0 Å². The van der Waals surface area contributed by atoms with E-state index in [2.05, 4.69) is 16.4 Å². The minimum atomic E-state index is -0.185. The Bertz CT molecular complexity index is 839. The third-order valence-electron chi connectivity index (χ3n) is 3.27. The van der Waals surface area contributed by atoms with Gasteiger partial charge in [-0.1, -0.05) is 23.5 Å². The van der Waals surface area contributed by atoms with Crippen LogP contribution < -0.4 is 11.1 Å². The highest BCUT2D eigenvalue weighted by Gasteiger charge is 2.12. The van der Waals surface area contributed by atoms with Gasteiger partial charge in [0.05, 0.1) is 10.2 Å². The Morgan fingerprint density at radius 1 is 1.19 bits per heavy atom. The van der Waals surface area contributed by atoms with E-state index in [0.717, 1.165) is 15.8 Å². The Labute approximate surface area is 126 Å². The quantitative estimate of drug-likeness (QED) is 0.708. The smallest absolute Gasteiger partial charge is 0.257 e. The van der Waals surface area contributed by atoms with Crippen molar-refractivity contribution in [2.75, 3.05) is 11.1 Å². The SMILES string of the molecule is Cc1ccc2nc(NC(=O)c3cc(N)ccc3C)sc2c1. The molecule has 0 spiro atoms. The molecule has 3 N–H and O–H groups in total. The standard InChI is InChI=1S/C16H15N3OS/c1-9-3-6-13-14(7-9)21-16(18-13)19-15(20)12-8-11(17)5-4-10(12)2/h3-8H,17H2,1-2H3,(H,18,19,20). The molecule has 21 heavy (non-hydrogen) atoms. The van der Waals surface area contributed by atoms with E-state index in [-0.39, 0.29) is 5.91 Å². The average molecular weight is 297 g/mol. The molecule has 0 aliphatic heterocycles. The van der Waals surface area contributed by atoms with E-state index in [1.54, 1.807) is 12.1 Å². The molecule has 4 nitrogen and oxygen atoms in total. The molecule has 0 atom stereocenters. The van der Waals surface area contributed by atoms with Crippen molar-refractivity contribution >= 4 is 38.3 Å². The maximum absolute atomic E-state index is 12.3. The van der Waals surface area contributed by atoms with Gasteiger partial charge in [0.2, 0.25) is 0 Å². The van der Waals surface area contributed by atoms with Crippen molar-refractivity contribution in [3.05, 3.63) is 53.1 Å². The number of hydrogen-bond acceptors (Lipinski definition) is 4. The van der Waals surface area contributed by atoms with Gasteiger partial charge in [-0.2, -0.15) is 0 Å². The number of nitrogens with two attached hydrogens (primary N) is 1. The molecule has 0 radical (unpaired) electrons. The highest BCUT2D eigenvalue weighted by Crippen LogP contribution is 2.27. The van der Waals surface area contributed by atoms with Crippen LogP contribution in [0.15, 0.2) is 36.4 Å². The van der Waals surface area contributed by atoms with E-state index in [1.807, 2.05) is 32.0 Å². The Morgan fingerprint density at radius 3 is 2.81 bits per heavy atom. The monoisotopic (exact) mass is 297 g/mol. The number of nitrogens with zero attached hydrogens (tertiary/aromatic N) is 1. The second-order valence-electron chi connectivity index (χ2n) is 5.02. The summed E-state index contributed by atoms with van der Waals surface area (Å²) in [6.07, 6.45) is 0. The number of aryl methyl sites for hydroxylation is 2. The summed E-state index contributed by atoms with van der Waals surface area (Å²) in [7, 11) is 0. The minimum Gasteiger partial charge on any atom is -0.399 e. The predicted molar refractivity (Wildman–Crippen MR) is 87.9 cm³/mol. The van der Waals surface area contributed by atoms with E-state index in [4.69, 9.17) is 5.73 Å². The lowest BCUT2D eigenvalue weighted by Crippen LogP contribution is -2.13. The summed E-state index contributed by atoms with van der Waals surface area (Å²) in [5.74, 6) is -0.185. The summed E-state index contributed by atoms with van der Waals surface area (Å²) in [4.78, 5) is 16.8. The summed E-state index contributed by atoms with van der Waals surface area (Å²) in [5.41, 5.74) is 9.85. The first-order valence-electron chi connectivity index (χ1n) is 6.57. The van der Waals surface area contributed by atoms with E-state index in [1.165, 1.54) is 16.9 Å². The van der Waals surface area contributed by atoms with E-state index >= 15 is 0 Å². The van der Waals surface area contributed by atoms with Gasteiger partial charge in [0, 0.05) is 11.3 Å². The second kappa shape index (κ2) is 5.18. The molecule has 1 amide bonds. The normalized spacial score (nSPS) is 10.8. The van der Waals surface area contributed by atoms with Crippen molar-refractivity contribution in [3.63, 3.8) is 0 Å². The lowest BCUT2D eigenvalue weighted by molar-refractivity contribution is 0.102. The van der Waals surface area contributed by atoms with Crippen LogP contribution in [0, 0.1) is 13.8 Å². The largest absolute Gasteiger partial charge is 0.399 e. The first kappa shape index (κ1) is 13.6. The van der Waals surface area contributed by atoms with Crippen molar-refractivity contribution < 1.29 is 4.79 Å². The number of aromatic nitrogens is 1. The molecule has 3 rings (SSSR count). The van der Waals surface area contributed by atoms with Gasteiger partial charge in [-0.05, 0) is 49.2 Å². The summed E-state index contributed by atoms with van der Waals surface area (Å²) < 4.78 is 1.06. The topological polar surface area (TPSA) is 68.0 Å². The van der Waals surface area contributed by atoms with Crippen molar-refractivity contribution in [1.82, 2.24) is 4.98 Å². The van der Waals surface area contributed by atoms with Gasteiger partial charge in [0.15, 0.2) is 5.13 Å². The summed E-state index contributed by atoms with van der Waals surface area (Å²) >= 11 is 1.47. The van der Waals surface area contributed by atoms with Crippen molar-refractivity contribution in [2.45, 2.75) is 13.8 Å². The van der Waals surface area contributed by atoms with Gasteiger partial charge < -0.3 is 5.73 Å². The molecule has 0 saturated carbocycles. The number of benzene rings is 2. The number of carbonyl (C=O) groups is 1. The molecule has 106 valence electrons. The fourth-order valence-electron chi connectivity index (χ4n) is 2.13. The number of rotatable bonds is 2. The molecule has 2 aromatic carbocycles. The van der Waals surface area contributed by atoms with Crippen molar-refractivity contribution in [1.29, 1.82) is 0 Å². The molecule has 5 heteroatoms. The predicted octanol–water partition coefficient (Wildman–Crippen LogP) is 3.75. The summed E-state index contributed by atoms with van der Waals surface area (Å²) in [6, 6.07) is 11.3. The van der Waals surface area contributed by atoms with Crippen LogP contribution in [-0.2, 0) is 0 Å². The minimum absolute atomic E-state index is 0.185. The fourth-order valence-corrected chi connectivity index (χ4v) is 3.09. The zero-order valence-corrected chi connectivity index (χ0v) is 12.6. The first-order chi connectivity index (χ1) is 10.0. The number of hydrogen-bond donors (Lipinski definition) is 2. The van der Waals surface area contributed by atoms with Gasteiger partial charge >= 0.3 is 0 Å². The molecule has 0 unspecified atom stereocenters. The number of nitrogens with one attached hydrogen (secondary N) is 1. The van der Waals surface area contributed by atoms with Crippen LogP contribution in [0.3, 0.4) is 0 Å². The Balaban J connectivity index is 1.90. The zero-order chi connectivity index (χ0) is 15.0. The number of thiazole rings is 1. The van der Waals surface area contributed by atoms with Crippen LogP contribution in [-0.4, -0.2) is 10.9 Å². The maximum Gasteiger partial charge on any atom is 0.257 e. The highest BCUT2D eigenvalue weighted by molar-refractivity contribution is 7.22. The van der Waals surface area contributed by atoms with Crippen LogP contribution in [0.1, 0.15) is 21.5 Å². The number of anilines is 2. The Kier molecular flexibility index (Phi) is 3.35. The zero-order valence-electron chi connectivity index (χ0n) is 11.8. The first-order valence-corrected chi connectivity index (χ1v) is 7.39. The van der Waals surface area contributed by atoms with Crippen LogP contribution >= 0.6 is 11.3 Å². The average Bonchev–Trinajstić information content (AvgIpc) is 2.82. The Morgan fingerprint density at radius 2 is 2.00 bits per heavy atom. The van der Waals surface area contributed by atoms with Crippen LogP contribution in [0.4, 0.5) is 10.8 Å². The van der Waals surface area contributed by atoms with Crippen molar-refractivity contribution in [3.8, 4) is 0 Å². The lowest BCUT2D eigenvalue weighted by Gasteiger charge is -2.06. The molecular weight excluding hydrogens is 282 g/mol. The molecular formula is C16H15N3OS. The number of carbonyl (C=O) groups excluding carboxylic acids is 1. The molecule has 1 aromatic heterocycles. The van der Waals surface area contributed by atoms with Gasteiger partial charge in [-0.3, -0.25) is 10.1 Å². The van der Waals surface area contributed by atoms with E-state index in [9.17, 15) is 4.79 Å². The Hall–Kier alpha value is -2.40. The summed E-state index contributed by atoms with van der Waals surface area (Å²) in [5, 5.41) is 3.45. The molecule has 0 bridgehead atoms. The lowest BCUT2D eigenvalue weighted by atomic mass is 10.1. The number of amides is 1. The maximum atomic E-state index is 12.3. The molecule has 1 heterocycles. The van der Waals surface area contributed by atoms with Crippen LogP contribution in [0.25, 0.3) is 10.2 Å². The molecule has 0 saturated heterocycles. The van der Waals surface area contributed by atoms with E-state index in [0.29, 0.717) is 16.4 Å². The number of nitrogen functional groups attached to an aromatic ring is 1. The molecule has 0 aliphatic rings. The molecule has 0 aliphatic carbocycles. The van der Waals surface area contributed by atoms with Crippen LogP contribution in [0.5, 0.6) is 0 Å². The third-order valence-corrected chi connectivity index (χ3v) is 4.20. The van der Waals surface area contributed by atoms with Gasteiger partial charge in [-0.25, -0.2) is 4.98 Å². The van der Waals surface area contributed by atoms with E-state index < -0.39 is 0 Å². The summed E-state index contributed by atoms with van der Waals surface area (Å²) in [6.45, 7) is 3.92. The van der Waals surface area contributed by atoms with Gasteiger partial charge in [0.1, 0.15) is 0 Å². The molecule has 0 fully saturated rings. The highest BCUT2D eigenvalue weighted by atomic mass is 32.1. The van der Waals surface area contributed by atoms with Gasteiger partial charge in [-0.15, -0.1) is 0 Å². The molecule has 3 aromatic rings. The fraction of sp³-hybridized carbons (Fsp3) is 0.125. The number of fused-ring (bicyclic) bond motifs is 1. The third kappa shape index (κ3) is 2.73. The second-order valence-corrected chi connectivity index (χ2v) is 6.05. The van der Waals surface area contributed by atoms with Crippen LogP contribution in [0.2, 0.25) is 0 Å². The van der Waals surface area contributed by atoms with Gasteiger partial charge in [0.25, 0.3) is 5.91 Å².